The van der Waals surface area contributed by atoms with Crippen molar-refractivity contribution < 1.29 is 14.3 Å². The van der Waals surface area contributed by atoms with E-state index in [-0.39, 0.29) is 11.8 Å². The van der Waals surface area contributed by atoms with Gasteiger partial charge in [-0.15, -0.1) is 0 Å². The second kappa shape index (κ2) is 8.91. The van der Waals surface area contributed by atoms with E-state index in [1.807, 2.05) is 0 Å². The summed E-state index contributed by atoms with van der Waals surface area (Å²) in [5.41, 5.74) is 1.94. The Balaban J connectivity index is 1.73. The zero-order valence-electron chi connectivity index (χ0n) is 14.8. The van der Waals surface area contributed by atoms with E-state index in [1.54, 1.807) is 73.8 Å². The van der Waals surface area contributed by atoms with Crippen LogP contribution in [0.15, 0.2) is 71.2 Å². The van der Waals surface area contributed by atoms with Crippen LogP contribution in [-0.2, 0) is 0 Å². The van der Waals surface area contributed by atoms with Gasteiger partial charge in [-0.2, -0.15) is 0 Å². The first-order valence-electron chi connectivity index (χ1n) is 8.29. The van der Waals surface area contributed by atoms with Crippen LogP contribution in [0.1, 0.15) is 20.7 Å². The maximum Gasteiger partial charge on any atom is 0.257 e. The molecule has 3 rings (SSSR count). The summed E-state index contributed by atoms with van der Waals surface area (Å²) in [5, 5.41) is 5.96. The van der Waals surface area contributed by atoms with Gasteiger partial charge in [0.05, 0.1) is 22.2 Å². The van der Waals surface area contributed by atoms with Gasteiger partial charge in [0.2, 0.25) is 0 Å². The minimum Gasteiger partial charge on any atom is -0.496 e. The lowest BCUT2D eigenvalue weighted by molar-refractivity contribution is 0.101. The molecule has 0 atom stereocenters. The third-order valence-corrected chi connectivity index (χ3v) is 4.86. The molecule has 3 aromatic rings. The van der Waals surface area contributed by atoms with Crippen LogP contribution in [0.4, 0.5) is 11.4 Å². The SMILES string of the molecule is COc1ccc(C(=O)Nc2cccc(NC(=O)c3ccccc3Cl)c2)cc1Br. The molecule has 2 amide bonds. The third kappa shape index (κ3) is 4.71. The summed E-state index contributed by atoms with van der Waals surface area (Å²) in [6.45, 7) is 0. The number of nitrogens with one attached hydrogen (secondary N) is 2. The molecule has 0 saturated carbocycles. The maximum atomic E-state index is 12.5. The molecule has 3 aromatic carbocycles. The molecule has 0 fully saturated rings. The van der Waals surface area contributed by atoms with Crippen molar-refractivity contribution in [3.8, 4) is 5.75 Å². The highest BCUT2D eigenvalue weighted by atomic mass is 79.9. The number of amides is 2. The molecule has 0 saturated heterocycles. The number of carbonyl (C=O) groups is 2. The number of hydrogen-bond donors (Lipinski definition) is 2. The summed E-state index contributed by atoms with van der Waals surface area (Å²) in [6.07, 6.45) is 0. The van der Waals surface area contributed by atoms with Crippen molar-refractivity contribution in [1.82, 2.24) is 0 Å². The Morgan fingerprint density at radius 1 is 0.893 bits per heavy atom. The quantitative estimate of drug-likeness (QED) is 0.521. The Bertz CT molecular complexity index is 1040. The molecule has 7 heteroatoms. The molecule has 0 heterocycles. The van der Waals surface area contributed by atoms with Gasteiger partial charge in [0.15, 0.2) is 0 Å². The fraction of sp³-hybridized carbons (Fsp3) is 0.0476. The Hall–Kier alpha value is -2.83. The molecule has 28 heavy (non-hydrogen) atoms. The summed E-state index contributed by atoms with van der Waals surface area (Å²) in [5.74, 6) is 0.0342. The number of carbonyl (C=O) groups excluding carboxylic acids is 2. The second-order valence-electron chi connectivity index (χ2n) is 5.82. The molecule has 0 aliphatic heterocycles. The van der Waals surface area contributed by atoms with Gasteiger partial charge >= 0.3 is 0 Å². The molecule has 2 N–H and O–H groups in total. The molecule has 5 nitrogen and oxygen atoms in total. The molecule has 0 aliphatic rings. The Kier molecular flexibility index (Phi) is 6.34. The lowest BCUT2D eigenvalue weighted by Gasteiger charge is -2.10. The Morgan fingerprint density at radius 3 is 2.21 bits per heavy atom. The number of anilines is 2. The van der Waals surface area contributed by atoms with Crippen LogP contribution >= 0.6 is 27.5 Å². The average molecular weight is 460 g/mol. The summed E-state index contributed by atoms with van der Waals surface area (Å²) < 4.78 is 5.85. The highest BCUT2D eigenvalue weighted by Gasteiger charge is 2.12. The molecule has 0 unspecified atom stereocenters. The van der Waals surface area contributed by atoms with Gasteiger partial charge in [-0.05, 0) is 64.5 Å². The van der Waals surface area contributed by atoms with Crippen molar-refractivity contribution in [3.05, 3.63) is 87.4 Å². The maximum absolute atomic E-state index is 12.5. The van der Waals surface area contributed by atoms with E-state index in [0.29, 0.717) is 37.7 Å². The molecule has 0 radical (unpaired) electrons. The van der Waals surface area contributed by atoms with Crippen LogP contribution in [0.25, 0.3) is 0 Å². The van der Waals surface area contributed by atoms with Crippen molar-refractivity contribution in [1.29, 1.82) is 0 Å². The van der Waals surface area contributed by atoms with Crippen molar-refractivity contribution in [3.63, 3.8) is 0 Å². The van der Waals surface area contributed by atoms with Crippen LogP contribution in [0.2, 0.25) is 5.02 Å². The zero-order valence-corrected chi connectivity index (χ0v) is 17.2. The monoisotopic (exact) mass is 458 g/mol. The van der Waals surface area contributed by atoms with Gasteiger partial charge < -0.3 is 15.4 Å². The molecule has 0 aliphatic carbocycles. The minimum atomic E-state index is -0.326. The minimum absolute atomic E-state index is 0.280. The Labute approximate surface area is 175 Å². The molecular weight excluding hydrogens is 444 g/mol. The third-order valence-electron chi connectivity index (χ3n) is 3.91. The van der Waals surface area contributed by atoms with Gasteiger partial charge in [0, 0.05) is 16.9 Å². The number of ether oxygens (including phenoxy) is 1. The Morgan fingerprint density at radius 2 is 1.57 bits per heavy atom. The largest absolute Gasteiger partial charge is 0.496 e. The topological polar surface area (TPSA) is 67.4 Å². The van der Waals surface area contributed by atoms with Crippen molar-refractivity contribution in [2.24, 2.45) is 0 Å². The van der Waals surface area contributed by atoms with Crippen LogP contribution in [0.3, 0.4) is 0 Å². The van der Waals surface area contributed by atoms with Gasteiger partial charge in [0.25, 0.3) is 11.8 Å². The molecule has 0 spiro atoms. The van der Waals surface area contributed by atoms with Crippen LogP contribution in [-0.4, -0.2) is 18.9 Å². The highest BCUT2D eigenvalue weighted by molar-refractivity contribution is 9.10. The summed E-state index contributed by atoms with van der Waals surface area (Å²) in [7, 11) is 1.56. The van der Waals surface area contributed by atoms with E-state index in [0.717, 1.165) is 0 Å². The molecule has 0 aromatic heterocycles. The lowest BCUT2D eigenvalue weighted by Crippen LogP contribution is -2.14. The summed E-state index contributed by atoms with van der Waals surface area (Å²) >= 11 is 9.42. The van der Waals surface area contributed by atoms with Gasteiger partial charge in [0.1, 0.15) is 5.75 Å². The van der Waals surface area contributed by atoms with Crippen molar-refractivity contribution in [2.45, 2.75) is 0 Å². The second-order valence-corrected chi connectivity index (χ2v) is 7.08. The van der Waals surface area contributed by atoms with Gasteiger partial charge in [-0.25, -0.2) is 0 Å². The van der Waals surface area contributed by atoms with Crippen LogP contribution in [0, 0.1) is 0 Å². The van der Waals surface area contributed by atoms with Gasteiger partial charge in [-0.1, -0.05) is 29.8 Å². The number of rotatable bonds is 5. The van der Waals surface area contributed by atoms with E-state index in [4.69, 9.17) is 16.3 Å². The average Bonchev–Trinajstić information content (AvgIpc) is 2.68. The van der Waals surface area contributed by atoms with Gasteiger partial charge in [-0.3, -0.25) is 9.59 Å². The first-order valence-corrected chi connectivity index (χ1v) is 9.46. The van der Waals surface area contributed by atoms with Crippen LogP contribution < -0.4 is 15.4 Å². The lowest BCUT2D eigenvalue weighted by atomic mass is 10.2. The zero-order chi connectivity index (χ0) is 20.1. The van der Waals surface area contributed by atoms with Crippen molar-refractivity contribution in [2.75, 3.05) is 17.7 Å². The highest BCUT2D eigenvalue weighted by Crippen LogP contribution is 2.26. The summed E-state index contributed by atoms with van der Waals surface area (Å²) in [4.78, 5) is 24.9. The predicted molar refractivity (Wildman–Crippen MR) is 114 cm³/mol. The van der Waals surface area contributed by atoms with E-state index >= 15 is 0 Å². The van der Waals surface area contributed by atoms with E-state index < -0.39 is 0 Å². The number of hydrogen-bond acceptors (Lipinski definition) is 3. The fourth-order valence-corrected chi connectivity index (χ4v) is 3.29. The number of methoxy groups -OCH3 is 1. The van der Waals surface area contributed by atoms with Crippen molar-refractivity contribution >= 4 is 50.7 Å². The number of benzene rings is 3. The van der Waals surface area contributed by atoms with E-state index in [1.165, 1.54) is 0 Å². The van der Waals surface area contributed by atoms with E-state index in [2.05, 4.69) is 26.6 Å². The first kappa shape index (κ1) is 19.9. The predicted octanol–water partition coefficient (Wildman–Crippen LogP) is 5.62. The first-order chi connectivity index (χ1) is 13.5. The van der Waals surface area contributed by atoms with E-state index in [9.17, 15) is 9.59 Å². The molecule has 0 bridgehead atoms. The van der Waals surface area contributed by atoms with Crippen LogP contribution in [0.5, 0.6) is 5.75 Å². The smallest absolute Gasteiger partial charge is 0.257 e. The molecular formula is C21H16BrClN2O3. The fourth-order valence-electron chi connectivity index (χ4n) is 2.53. The standard InChI is InChI=1S/C21H16BrClN2O3/c1-28-19-10-9-13(11-17(19)22)20(26)24-14-5-4-6-15(12-14)25-21(27)16-7-2-3-8-18(16)23/h2-12H,1H3,(H,24,26)(H,25,27). The normalized spacial score (nSPS) is 10.2. The number of halogens is 2. The molecule has 142 valence electrons. The summed E-state index contributed by atoms with van der Waals surface area (Å²) in [6, 6.07) is 18.7.